The molecule has 0 fully saturated rings. The molecule has 0 aromatic heterocycles. The summed E-state index contributed by atoms with van der Waals surface area (Å²) in [7, 11) is 0. The zero-order valence-electron chi connectivity index (χ0n) is 12.6. The number of benzene rings is 1. The Labute approximate surface area is 126 Å². The molecule has 0 atom stereocenters. The lowest BCUT2D eigenvalue weighted by Gasteiger charge is -2.13. The van der Waals surface area contributed by atoms with Gasteiger partial charge in [0.1, 0.15) is 17.2 Å². The molecule has 1 rings (SSSR count). The normalized spacial score (nSPS) is 10.4. The van der Waals surface area contributed by atoms with E-state index in [-0.39, 0.29) is 0 Å². The summed E-state index contributed by atoms with van der Waals surface area (Å²) in [4.78, 5) is 0. The van der Waals surface area contributed by atoms with Crippen molar-refractivity contribution in [1.82, 2.24) is 0 Å². The molecule has 0 radical (unpaired) electrons. The van der Waals surface area contributed by atoms with Crippen LogP contribution in [0.25, 0.3) is 0 Å². The maximum Gasteiger partial charge on any atom is 0.126 e. The van der Waals surface area contributed by atoms with Gasteiger partial charge in [-0.2, -0.15) is 0 Å². The van der Waals surface area contributed by atoms with Crippen molar-refractivity contribution in [3.05, 3.63) is 18.2 Å². The smallest absolute Gasteiger partial charge is 0.126 e. The van der Waals surface area contributed by atoms with Gasteiger partial charge in [-0.3, -0.25) is 0 Å². The van der Waals surface area contributed by atoms with Crippen molar-refractivity contribution in [3.63, 3.8) is 0 Å². The van der Waals surface area contributed by atoms with E-state index >= 15 is 0 Å². The minimum Gasteiger partial charge on any atom is -0.493 e. The summed E-state index contributed by atoms with van der Waals surface area (Å²) < 4.78 is 17.0. The van der Waals surface area contributed by atoms with E-state index in [9.17, 15) is 0 Å². The van der Waals surface area contributed by atoms with Gasteiger partial charge in [-0.05, 0) is 38.9 Å². The molecule has 0 amide bonds. The molecule has 1 aromatic rings. The quantitative estimate of drug-likeness (QED) is 0.494. The average molecular weight is 297 g/mol. The van der Waals surface area contributed by atoms with E-state index < -0.39 is 0 Å². The van der Waals surface area contributed by atoms with E-state index in [2.05, 4.69) is 0 Å². The van der Waals surface area contributed by atoms with Crippen LogP contribution in [-0.2, 0) is 0 Å². The van der Waals surface area contributed by atoms with E-state index in [1.165, 1.54) is 0 Å². The number of nitrogens with two attached hydrogens (primary N) is 3. The van der Waals surface area contributed by atoms with E-state index in [1.807, 2.05) is 18.2 Å². The van der Waals surface area contributed by atoms with Crippen molar-refractivity contribution in [2.45, 2.75) is 19.3 Å². The van der Waals surface area contributed by atoms with Crippen LogP contribution in [0.4, 0.5) is 0 Å². The molecule has 21 heavy (non-hydrogen) atoms. The largest absolute Gasteiger partial charge is 0.493 e. The highest BCUT2D eigenvalue weighted by Crippen LogP contribution is 2.28. The van der Waals surface area contributed by atoms with Crippen LogP contribution in [0.2, 0.25) is 0 Å². The first-order chi connectivity index (χ1) is 10.3. The van der Waals surface area contributed by atoms with Gasteiger partial charge in [0.15, 0.2) is 0 Å². The summed E-state index contributed by atoms with van der Waals surface area (Å²) in [6.07, 6.45) is 2.42. The molecule has 1 aromatic carbocycles. The summed E-state index contributed by atoms with van der Waals surface area (Å²) in [6, 6.07) is 5.55. The molecule has 0 saturated carbocycles. The topological polar surface area (TPSA) is 106 Å². The number of rotatable bonds is 12. The molecule has 6 N–H and O–H groups in total. The fourth-order valence-electron chi connectivity index (χ4n) is 1.62. The fourth-order valence-corrected chi connectivity index (χ4v) is 1.62. The Morgan fingerprint density at radius 3 is 1.10 bits per heavy atom. The first-order valence-electron chi connectivity index (χ1n) is 7.44. The van der Waals surface area contributed by atoms with Crippen LogP contribution in [-0.4, -0.2) is 39.5 Å². The lowest BCUT2D eigenvalue weighted by Crippen LogP contribution is -2.08. The van der Waals surface area contributed by atoms with Gasteiger partial charge in [-0.1, -0.05) is 0 Å². The SMILES string of the molecule is NCCCOc1cc(OCCCN)cc(OCCCN)c1. The Morgan fingerprint density at radius 2 is 0.857 bits per heavy atom. The third-order valence-electron chi connectivity index (χ3n) is 2.71. The first-order valence-corrected chi connectivity index (χ1v) is 7.44. The molecule has 6 heteroatoms. The summed E-state index contributed by atoms with van der Waals surface area (Å²) >= 11 is 0. The van der Waals surface area contributed by atoms with Gasteiger partial charge in [0.25, 0.3) is 0 Å². The summed E-state index contributed by atoms with van der Waals surface area (Å²) in [5.74, 6) is 2.16. The maximum atomic E-state index is 5.65. The molecule has 0 aliphatic carbocycles. The minimum absolute atomic E-state index is 0.574. The minimum atomic E-state index is 0.574. The van der Waals surface area contributed by atoms with Gasteiger partial charge in [-0.25, -0.2) is 0 Å². The second-order valence-corrected chi connectivity index (χ2v) is 4.61. The van der Waals surface area contributed by atoms with Crippen molar-refractivity contribution < 1.29 is 14.2 Å². The lowest BCUT2D eigenvalue weighted by molar-refractivity contribution is 0.283. The van der Waals surface area contributed by atoms with Crippen molar-refractivity contribution in [1.29, 1.82) is 0 Å². The predicted octanol–water partition coefficient (Wildman–Crippen LogP) is 0.869. The van der Waals surface area contributed by atoms with E-state index in [4.69, 9.17) is 31.4 Å². The summed E-state index contributed by atoms with van der Waals surface area (Å²) in [5.41, 5.74) is 16.4. The Bertz CT molecular complexity index is 319. The van der Waals surface area contributed by atoms with Gasteiger partial charge >= 0.3 is 0 Å². The molecule has 0 saturated heterocycles. The van der Waals surface area contributed by atoms with Crippen LogP contribution < -0.4 is 31.4 Å². The highest BCUT2D eigenvalue weighted by molar-refractivity contribution is 5.42. The van der Waals surface area contributed by atoms with Gasteiger partial charge in [0.2, 0.25) is 0 Å². The average Bonchev–Trinajstić information content (AvgIpc) is 2.48. The van der Waals surface area contributed by atoms with Gasteiger partial charge in [0.05, 0.1) is 19.8 Å². The number of hydrogen-bond donors (Lipinski definition) is 3. The van der Waals surface area contributed by atoms with Crippen LogP contribution >= 0.6 is 0 Å². The molecule has 0 aliphatic heterocycles. The van der Waals surface area contributed by atoms with Gasteiger partial charge in [0, 0.05) is 18.2 Å². The Balaban J connectivity index is 2.65. The van der Waals surface area contributed by atoms with Crippen LogP contribution in [0.1, 0.15) is 19.3 Å². The predicted molar refractivity (Wildman–Crippen MR) is 83.9 cm³/mol. The molecule has 6 nitrogen and oxygen atoms in total. The Kier molecular flexibility index (Phi) is 9.35. The highest BCUT2D eigenvalue weighted by atomic mass is 16.5. The summed E-state index contributed by atoms with van der Waals surface area (Å²) in [6.45, 7) is 3.53. The second kappa shape index (κ2) is 11.2. The van der Waals surface area contributed by atoms with E-state index in [0.29, 0.717) is 39.5 Å². The lowest BCUT2D eigenvalue weighted by atomic mass is 10.3. The molecule has 0 unspecified atom stereocenters. The van der Waals surface area contributed by atoms with Crippen molar-refractivity contribution in [2.24, 2.45) is 17.2 Å². The Morgan fingerprint density at radius 1 is 0.571 bits per heavy atom. The van der Waals surface area contributed by atoms with Crippen molar-refractivity contribution in [3.8, 4) is 17.2 Å². The molecular formula is C15H27N3O3. The fraction of sp³-hybridized carbons (Fsp3) is 0.600. The molecule has 0 heterocycles. The third-order valence-corrected chi connectivity index (χ3v) is 2.71. The van der Waals surface area contributed by atoms with Crippen LogP contribution in [0.15, 0.2) is 18.2 Å². The third kappa shape index (κ3) is 7.75. The highest BCUT2D eigenvalue weighted by Gasteiger charge is 2.05. The monoisotopic (exact) mass is 297 g/mol. The van der Waals surface area contributed by atoms with Gasteiger partial charge in [-0.15, -0.1) is 0 Å². The standard InChI is InChI=1S/C15H27N3O3/c16-4-1-7-19-13-10-14(20-8-2-5-17)12-15(11-13)21-9-3-6-18/h10-12H,1-9,16-18H2. The van der Waals surface area contributed by atoms with Crippen molar-refractivity contribution >= 4 is 0 Å². The molecule has 0 bridgehead atoms. The van der Waals surface area contributed by atoms with Gasteiger partial charge < -0.3 is 31.4 Å². The molecule has 120 valence electrons. The molecule has 0 spiro atoms. The zero-order valence-corrected chi connectivity index (χ0v) is 12.6. The van der Waals surface area contributed by atoms with Crippen LogP contribution in [0.5, 0.6) is 17.2 Å². The molecule has 0 aliphatic rings. The van der Waals surface area contributed by atoms with Crippen LogP contribution in [0.3, 0.4) is 0 Å². The number of ether oxygens (including phenoxy) is 3. The first kappa shape index (κ1) is 17.6. The number of hydrogen-bond acceptors (Lipinski definition) is 6. The second-order valence-electron chi connectivity index (χ2n) is 4.61. The molecular weight excluding hydrogens is 270 g/mol. The summed E-state index contributed by atoms with van der Waals surface area (Å²) in [5, 5.41) is 0. The van der Waals surface area contributed by atoms with E-state index in [0.717, 1.165) is 36.5 Å². The van der Waals surface area contributed by atoms with Crippen molar-refractivity contribution in [2.75, 3.05) is 39.5 Å². The zero-order chi connectivity index (χ0) is 15.3. The van der Waals surface area contributed by atoms with E-state index in [1.54, 1.807) is 0 Å². The Hall–Kier alpha value is -1.50. The maximum absolute atomic E-state index is 5.65. The van der Waals surface area contributed by atoms with Crippen LogP contribution in [0, 0.1) is 0 Å².